The summed E-state index contributed by atoms with van der Waals surface area (Å²) in [5, 5.41) is 4.03. The first-order valence-corrected chi connectivity index (χ1v) is 11.5. The smallest absolute Gasteiger partial charge is 0.227 e. The molecule has 2 aromatic heterocycles. The zero-order chi connectivity index (χ0) is 24.7. The van der Waals surface area contributed by atoms with Crippen LogP contribution in [-0.2, 0) is 22.6 Å². The van der Waals surface area contributed by atoms with E-state index in [0.717, 1.165) is 22.2 Å². The second-order valence-corrected chi connectivity index (χ2v) is 8.28. The number of morpholine rings is 1. The average Bonchev–Trinajstić information content (AvgIpc) is 2.92. The summed E-state index contributed by atoms with van der Waals surface area (Å²) in [5.41, 5.74) is 3.84. The number of hydrogen-bond donors (Lipinski definition) is 1. The molecule has 0 unspecified atom stereocenters. The number of amides is 1. The van der Waals surface area contributed by atoms with Crippen LogP contribution >= 0.6 is 0 Å². The molecule has 5 rings (SSSR count). The van der Waals surface area contributed by atoms with Crippen LogP contribution in [0, 0.1) is 12.3 Å². The molecule has 1 fully saturated rings. The lowest BCUT2D eigenvalue weighted by Gasteiger charge is -2.26. The number of carbonyl (C=O) groups is 1. The van der Waals surface area contributed by atoms with Gasteiger partial charge in [0.1, 0.15) is 18.7 Å². The first kappa shape index (κ1) is 23.2. The van der Waals surface area contributed by atoms with E-state index in [-0.39, 0.29) is 12.5 Å². The van der Waals surface area contributed by atoms with Gasteiger partial charge in [-0.3, -0.25) is 4.79 Å². The Morgan fingerprint density at radius 1 is 1.11 bits per heavy atom. The van der Waals surface area contributed by atoms with E-state index < -0.39 is 0 Å². The van der Waals surface area contributed by atoms with Gasteiger partial charge in [-0.2, -0.15) is 0 Å². The van der Waals surface area contributed by atoms with Crippen molar-refractivity contribution in [2.45, 2.75) is 13.0 Å². The minimum atomic E-state index is 0.0938. The predicted octanol–water partition coefficient (Wildman–Crippen LogP) is 3.13. The number of nitrogens with zero attached hydrogens (tertiary/aromatic N) is 5. The topological polar surface area (TPSA) is 102 Å². The molecule has 1 saturated heterocycles. The quantitative estimate of drug-likeness (QED) is 0.403. The van der Waals surface area contributed by atoms with E-state index in [1.807, 2.05) is 35.2 Å². The summed E-state index contributed by atoms with van der Waals surface area (Å²) in [7, 11) is 0. The molecule has 1 aliphatic heterocycles. The first-order chi connectivity index (χ1) is 17.7. The minimum absolute atomic E-state index is 0.0938. The number of ether oxygens (including phenoxy) is 2. The molecule has 0 aliphatic carbocycles. The fraction of sp³-hybridized carbons (Fsp3) is 0.222. The molecule has 0 atom stereocenters. The maximum absolute atomic E-state index is 12.6. The molecule has 9 heteroatoms. The van der Waals surface area contributed by atoms with E-state index >= 15 is 0 Å². The molecule has 9 nitrogen and oxygen atoms in total. The Morgan fingerprint density at radius 2 is 1.94 bits per heavy atom. The standard InChI is InChI=1S/C27H24N6O3/c1-2-21-12-22-16-30-27(32-24(22)13-25(21)36-17-20-14-28-18-29-15-20)31-23-5-3-4-19(10-23)11-26(34)33-6-8-35-9-7-33/h1,3-5,10,12-16,18H,6-9,11,17H2,(H,30,31,32). The Labute approximate surface area is 208 Å². The fourth-order valence-electron chi connectivity index (χ4n) is 3.91. The van der Waals surface area contributed by atoms with E-state index in [1.165, 1.54) is 6.33 Å². The minimum Gasteiger partial charge on any atom is -0.487 e. The van der Waals surface area contributed by atoms with Gasteiger partial charge in [-0.05, 0) is 23.8 Å². The molecular formula is C27H24N6O3. The Hall–Kier alpha value is -4.55. The lowest BCUT2D eigenvalue weighted by Crippen LogP contribution is -2.41. The van der Waals surface area contributed by atoms with Crippen LogP contribution < -0.4 is 10.1 Å². The lowest BCUT2D eigenvalue weighted by molar-refractivity contribution is -0.134. The number of carbonyl (C=O) groups excluding carboxylic acids is 1. The van der Waals surface area contributed by atoms with Gasteiger partial charge in [0.25, 0.3) is 0 Å². The van der Waals surface area contributed by atoms with E-state index in [1.54, 1.807) is 24.7 Å². The van der Waals surface area contributed by atoms with Crippen molar-refractivity contribution in [3.63, 3.8) is 0 Å². The van der Waals surface area contributed by atoms with Gasteiger partial charge >= 0.3 is 0 Å². The number of rotatable bonds is 7. The molecule has 1 amide bonds. The molecule has 4 aromatic rings. The van der Waals surface area contributed by atoms with Crippen LogP contribution in [-0.4, -0.2) is 57.0 Å². The molecule has 3 heterocycles. The number of anilines is 2. The molecule has 1 N–H and O–H groups in total. The van der Waals surface area contributed by atoms with Crippen LogP contribution in [0.4, 0.5) is 11.6 Å². The third-order valence-electron chi connectivity index (χ3n) is 5.75. The van der Waals surface area contributed by atoms with Crippen LogP contribution in [0.1, 0.15) is 16.7 Å². The zero-order valence-electron chi connectivity index (χ0n) is 19.6. The molecule has 0 saturated carbocycles. The van der Waals surface area contributed by atoms with Gasteiger partial charge in [0, 0.05) is 54.4 Å². The highest BCUT2D eigenvalue weighted by molar-refractivity contribution is 5.83. The summed E-state index contributed by atoms with van der Waals surface area (Å²) in [6.07, 6.45) is 12.6. The molecule has 36 heavy (non-hydrogen) atoms. The maximum Gasteiger partial charge on any atom is 0.227 e. The Balaban J connectivity index is 1.32. The van der Waals surface area contributed by atoms with Crippen LogP contribution in [0.2, 0.25) is 0 Å². The number of aromatic nitrogens is 4. The number of terminal acetylenes is 1. The van der Waals surface area contributed by atoms with Crippen molar-refractivity contribution in [1.29, 1.82) is 0 Å². The highest BCUT2D eigenvalue weighted by Gasteiger charge is 2.17. The second kappa shape index (κ2) is 10.8. The van der Waals surface area contributed by atoms with Gasteiger partial charge in [-0.15, -0.1) is 6.42 Å². The van der Waals surface area contributed by atoms with Crippen molar-refractivity contribution in [3.8, 4) is 18.1 Å². The summed E-state index contributed by atoms with van der Waals surface area (Å²) in [4.78, 5) is 31.5. The average molecular weight is 481 g/mol. The fourth-order valence-corrected chi connectivity index (χ4v) is 3.91. The van der Waals surface area contributed by atoms with Gasteiger partial charge in [0.05, 0.1) is 30.7 Å². The molecular weight excluding hydrogens is 456 g/mol. The summed E-state index contributed by atoms with van der Waals surface area (Å²) in [6.45, 7) is 2.72. The molecule has 2 aromatic carbocycles. The van der Waals surface area contributed by atoms with Gasteiger partial charge in [0.15, 0.2) is 0 Å². The summed E-state index contributed by atoms with van der Waals surface area (Å²) in [5.74, 6) is 3.72. The Morgan fingerprint density at radius 3 is 2.75 bits per heavy atom. The molecule has 1 aliphatic rings. The molecule has 0 spiro atoms. The molecule has 0 bridgehead atoms. The Bertz CT molecular complexity index is 1410. The number of nitrogens with one attached hydrogen (secondary N) is 1. The van der Waals surface area contributed by atoms with Crippen LogP contribution in [0.5, 0.6) is 5.75 Å². The first-order valence-electron chi connectivity index (χ1n) is 11.5. The highest BCUT2D eigenvalue weighted by atomic mass is 16.5. The van der Waals surface area contributed by atoms with Gasteiger partial charge < -0.3 is 19.7 Å². The monoisotopic (exact) mass is 480 g/mol. The summed E-state index contributed by atoms with van der Waals surface area (Å²) in [6, 6.07) is 11.3. The Kier molecular flexibility index (Phi) is 6.96. The van der Waals surface area contributed by atoms with Crippen molar-refractivity contribution in [1.82, 2.24) is 24.8 Å². The zero-order valence-corrected chi connectivity index (χ0v) is 19.6. The summed E-state index contributed by atoms with van der Waals surface area (Å²) < 4.78 is 11.3. The van der Waals surface area contributed by atoms with Crippen molar-refractivity contribution in [2.24, 2.45) is 0 Å². The second-order valence-electron chi connectivity index (χ2n) is 8.28. The van der Waals surface area contributed by atoms with E-state index in [4.69, 9.17) is 15.9 Å². The van der Waals surface area contributed by atoms with E-state index in [0.29, 0.717) is 55.5 Å². The number of fused-ring (bicyclic) bond motifs is 1. The number of benzene rings is 2. The largest absolute Gasteiger partial charge is 0.487 e. The molecule has 180 valence electrons. The predicted molar refractivity (Wildman–Crippen MR) is 135 cm³/mol. The van der Waals surface area contributed by atoms with Crippen molar-refractivity contribution < 1.29 is 14.3 Å². The lowest BCUT2D eigenvalue weighted by atomic mass is 10.1. The van der Waals surface area contributed by atoms with Crippen LogP contribution in [0.3, 0.4) is 0 Å². The number of hydrogen-bond acceptors (Lipinski definition) is 8. The molecule has 0 radical (unpaired) electrons. The van der Waals surface area contributed by atoms with E-state index in [9.17, 15) is 4.79 Å². The summed E-state index contributed by atoms with van der Waals surface area (Å²) >= 11 is 0. The third kappa shape index (κ3) is 5.56. The van der Waals surface area contributed by atoms with E-state index in [2.05, 4.69) is 31.2 Å². The highest BCUT2D eigenvalue weighted by Crippen LogP contribution is 2.26. The third-order valence-corrected chi connectivity index (χ3v) is 5.75. The van der Waals surface area contributed by atoms with Crippen LogP contribution in [0.25, 0.3) is 10.9 Å². The van der Waals surface area contributed by atoms with Crippen molar-refractivity contribution >= 4 is 28.4 Å². The van der Waals surface area contributed by atoms with Crippen molar-refractivity contribution in [2.75, 3.05) is 31.6 Å². The van der Waals surface area contributed by atoms with Gasteiger partial charge in [0.2, 0.25) is 11.9 Å². The van der Waals surface area contributed by atoms with Crippen molar-refractivity contribution in [3.05, 3.63) is 78.0 Å². The van der Waals surface area contributed by atoms with Gasteiger partial charge in [-0.1, -0.05) is 18.1 Å². The van der Waals surface area contributed by atoms with Crippen LogP contribution in [0.15, 0.2) is 61.3 Å². The van der Waals surface area contributed by atoms with Gasteiger partial charge in [-0.25, -0.2) is 19.9 Å². The SMILES string of the molecule is C#Cc1cc2cnc(Nc3cccc(CC(=O)N4CCOCC4)c3)nc2cc1OCc1cncnc1. The maximum atomic E-state index is 12.6. The normalized spacial score (nSPS) is 13.2.